The number of benzene rings is 1. The Kier molecular flexibility index (Phi) is 14.0. The third-order valence-corrected chi connectivity index (χ3v) is 25.9. The largest absolute Gasteiger partial charge is 0.479 e. The highest BCUT2D eigenvalue weighted by molar-refractivity contribution is 7.93. The lowest BCUT2D eigenvalue weighted by Crippen LogP contribution is -2.43. The summed E-state index contributed by atoms with van der Waals surface area (Å²) in [6, 6.07) is 9.32. The van der Waals surface area contributed by atoms with Crippen molar-refractivity contribution < 1.29 is 73.6 Å². The summed E-state index contributed by atoms with van der Waals surface area (Å²) in [4.78, 5) is 33.7. The topological polar surface area (TPSA) is 289 Å². The zero-order chi connectivity index (χ0) is 47.7. The number of sulfone groups is 4. The third kappa shape index (κ3) is 8.91. The van der Waals surface area contributed by atoms with Crippen LogP contribution in [0.15, 0.2) is 42.5 Å². The van der Waals surface area contributed by atoms with E-state index in [4.69, 9.17) is 5.11 Å². The number of carbonyl (C=O) groups is 3. The van der Waals surface area contributed by atoms with E-state index in [1.165, 1.54) is 0 Å². The zero-order valence-electron chi connectivity index (χ0n) is 36.9. The van der Waals surface area contributed by atoms with Crippen LogP contribution in [-0.4, -0.2) is 137 Å². The number of carboxylic acid groups (broad SMARTS) is 2. The molecule has 9 rings (SSSR count). The minimum atomic E-state index is -3.44. The van der Waals surface area contributed by atoms with Gasteiger partial charge in [-0.25, -0.2) is 43.3 Å². The number of carboxylic acids is 2. The highest BCUT2D eigenvalue weighted by Gasteiger charge is 2.66. The molecule has 4 saturated heterocycles. The maximum atomic E-state index is 12.8. The van der Waals surface area contributed by atoms with Crippen LogP contribution >= 0.6 is 0 Å². The molecule has 8 aliphatic rings. The van der Waals surface area contributed by atoms with Crippen LogP contribution in [0.25, 0.3) is 0 Å². The Hall–Kier alpha value is -2.75. The SMILES string of the molecule is C/C=C/[C@@]1(O)C[C@@H](C)[C@H]2[C@@H]1CCS2(=O)=O.C[C@@H]1CC(=O)[C@H]2CCS(=O)(=O)[C@@H]12.C[C@@H]1C[C@](O)(C(=O)O)[C@H]2CCS(=O)(=O)[C@@H]12.C[C@@H]1C[C@](O)(C(=O)O)[C@H]2C[C@H](Cc3ccccc3)S(=O)(=O)[C@@H]12. The Morgan fingerprint density at radius 3 is 1.64 bits per heavy atom. The van der Waals surface area contributed by atoms with Gasteiger partial charge in [-0.05, 0) is 87.5 Å². The molecule has 1 aromatic rings. The quantitative estimate of drug-likeness (QED) is 0.265. The van der Waals surface area contributed by atoms with Crippen molar-refractivity contribution in [3.05, 3.63) is 48.0 Å². The van der Waals surface area contributed by atoms with Gasteiger partial charge in [-0.1, -0.05) is 70.2 Å². The molecule has 5 N–H and O–H groups in total. The van der Waals surface area contributed by atoms with Crippen molar-refractivity contribution in [2.75, 3.05) is 17.3 Å². The first-order valence-corrected chi connectivity index (χ1v) is 29.0. The van der Waals surface area contributed by atoms with Gasteiger partial charge in [0.15, 0.2) is 50.6 Å². The maximum absolute atomic E-state index is 12.8. The zero-order valence-corrected chi connectivity index (χ0v) is 40.2. The van der Waals surface area contributed by atoms with Crippen LogP contribution in [0.2, 0.25) is 0 Å². The van der Waals surface area contributed by atoms with Crippen LogP contribution in [0.3, 0.4) is 0 Å². The summed E-state index contributed by atoms with van der Waals surface area (Å²) in [5, 5.41) is 46.5. The summed E-state index contributed by atoms with van der Waals surface area (Å²) in [6.45, 7) is 9.08. The van der Waals surface area contributed by atoms with E-state index < -0.39 is 95.7 Å². The summed E-state index contributed by atoms with van der Waals surface area (Å²) in [5.74, 6) is -4.05. The van der Waals surface area contributed by atoms with Crippen molar-refractivity contribution in [2.24, 2.45) is 47.3 Å². The van der Waals surface area contributed by atoms with Gasteiger partial charge in [-0.3, -0.25) is 4.79 Å². The lowest BCUT2D eigenvalue weighted by Gasteiger charge is -2.24. The van der Waals surface area contributed by atoms with Gasteiger partial charge in [0.25, 0.3) is 0 Å². The lowest BCUT2D eigenvalue weighted by molar-refractivity contribution is -0.163. The summed E-state index contributed by atoms with van der Waals surface area (Å²) in [5.41, 5.74) is -3.72. The van der Waals surface area contributed by atoms with Crippen LogP contribution < -0.4 is 0 Å². The lowest BCUT2D eigenvalue weighted by atomic mass is 9.86. The molecule has 20 heteroatoms. The monoisotopic (exact) mass is 976 g/mol. The molecule has 4 aliphatic carbocycles. The smallest absolute Gasteiger partial charge is 0.336 e. The molecular formula is C44H64O16S4. The first-order valence-electron chi connectivity index (χ1n) is 22.2. The van der Waals surface area contributed by atoms with Gasteiger partial charge in [-0.2, -0.15) is 0 Å². The van der Waals surface area contributed by atoms with E-state index in [1.54, 1.807) is 19.9 Å². The molecule has 4 heterocycles. The molecule has 0 aromatic heterocycles. The van der Waals surface area contributed by atoms with Crippen LogP contribution in [0.4, 0.5) is 0 Å². The number of rotatable bonds is 5. The number of carbonyl (C=O) groups excluding carboxylic acids is 1. The minimum Gasteiger partial charge on any atom is -0.479 e. The molecule has 8 fully saturated rings. The standard InChI is InChI=1S/C16H20O5S.C11H18O3S.C9H14O5S.C8H12O3S/c1-10-9-16(19,15(17)18)13-8-12(22(20,21)14(10)13)7-11-5-3-2-4-6-11;1-3-5-11(12)7-8(2)10-9(11)4-6-15(10,13)14;1-5-4-9(12,8(10)11)6-2-3-15(13,14)7(5)6;1-5-4-7(9)6-2-3-12(10,11)8(5)6/h2-6,10,12-14,19H,7-9H2,1H3,(H,17,18);3,5,8-10,12H,4,6-7H2,1-2H3;5-7,12H,2-4H2,1H3,(H,10,11);5-6,8H,2-4H2,1H3/b;5-3+;;/t10-,12+,13+,14+,16-;8-,9+,10+,11-;5-,6+,7+,9-;5-,6-,8+/m1111/s1. The Balaban J connectivity index is 0.000000145. The molecule has 16 nitrogen and oxygen atoms in total. The number of Topliss-reactive ketones (excluding diaryl/α,β-unsaturated/α-hetero) is 1. The molecule has 0 unspecified atom stereocenters. The molecule has 0 bridgehead atoms. The second-order valence-corrected chi connectivity index (χ2v) is 29.3. The van der Waals surface area contributed by atoms with Crippen LogP contribution in [0, 0.1) is 47.3 Å². The molecule has 0 radical (unpaired) electrons. The normalized spacial score (nSPS) is 44.6. The number of hydrogen-bond acceptors (Lipinski definition) is 14. The molecule has 1 aromatic carbocycles. The minimum absolute atomic E-state index is 0.00225. The van der Waals surface area contributed by atoms with Gasteiger partial charge in [-0.15, -0.1) is 0 Å². The molecular weight excluding hydrogens is 913 g/mol. The first kappa shape index (κ1) is 50.7. The summed E-state index contributed by atoms with van der Waals surface area (Å²) in [6.07, 6.45) is 6.71. The summed E-state index contributed by atoms with van der Waals surface area (Å²) >= 11 is 0. The van der Waals surface area contributed by atoms with Crippen molar-refractivity contribution in [3.63, 3.8) is 0 Å². The molecule has 4 saturated carbocycles. The Morgan fingerprint density at radius 2 is 1.11 bits per heavy atom. The van der Waals surface area contributed by atoms with Gasteiger partial charge >= 0.3 is 11.9 Å². The first-order chi connectivity index (χ1) is 29.5. The van der Waals surface area contributed by atoms with Gasteiger partial charge in [0.05, 0.1) is 49.1 Å². The second-order valence-electron chi connectivity index (χ2n) is 20.0. The van der Waals surface area contributed by atoms with E-state index in [9.17, 15) is 68.5 Å². The number of allylic oxidation sites excluding steroid dienone is 1. The van der Waals surface area contributed by atoms with Crippen molar-refractivity contribution >= 4 is 57.1 Å². The average molecular weight is 977 g/mol. The Morgan fingerprint density at radius 1 is 0.641 bits per heavy atom. The molecule has 0 spiro atoms. The summed E-state index contributed by atoms with van der Waals surface area (Å²) in [7, 11) is -12.5. The predicted molar refractivity (Wildman–Crippen MR) is 237 cm³/mol. The number of hydrogen-bond donors (Lipinski definition) is 5. The number of aliphatic hydroxyl groups is 3. The van der Waals surface area contributed by atoms with Gasteiger partial charge < -0.3 is 25.5 Å². The molecule has 16 atom stereocenters. The van der Waals surface area contributed by atoms with Crippen molar-refractivity contribution in [2.45, 2.75) is 135 Å². The van der Waals surface area contributed by atoms with Crippen molar-refractivity contribution in [3.8, 4) is 0 Å². The van der Waals surface area contributed by atoms with Gasteiger partial charge in [0, 0.05) is 30.1 Å². The fourth-order valence-electron chi connectivity index (χ4n) is 13.3. The molecule has 360 valence electrons. The predicted octanol–water partition coefficient (Wildman–Crippen LogP) is 2.44. The highest BCUT2D eigenvalue weighted by atomic mass is 32.2. The van der Waals surface area contributed by atoms with Crippen LogP contribution in [0.1, 0.15) is 91.5 Å². The van der Waals surface area contributed by atoms with Crippen molar-refractivity contribution in [1.82, 2.24) is 0 Å². The van der Waals surface area contributed by atoms with E-state index >= 15 is 0 Å². The molecule has 4 aliphatic heterocycles. The summed E-state index contributed by atoms with van der Waals surface area (Å²) < 4.78 is 95.4. The molecule has 64 heavy (non-hydrogen) atoms. The maximum Gasteiger partial charge on any atom is 0.336 e. The third-order valence-electron chi connectivity index (χ3n) is 15.8. The van der Waals surface area contributed by atoms with Crippen molar-refractivity contribution in [1.29, 1.82) is 0 Å². The van der Waals surface area contributed by atoms with E-state index in [0.717, 1.165) is 5.56 Å². The van der Waals surface area contributed by atoms with E-state index in [0.29, 0.717) is 32.1 Å². The van der Waals surface area contributed by atoms with Crippen LogP contribution in [0.5, 0.6) is 0 Å². The number of ketones is 1. The van der Waals surface area contributed by atoms with Crippen LogP contribution in [-0.2, 0) is 60.2 Å². The average Bonchev–Trinajstić information content (AvgIpc) is 4.04. The van der Waals surface area contributed by atoms with E-state index in [1.807, 2.05) is 57.2 Å². The van der Waals surface area contributed by atoms with Gasteiger partial charge in [0.2, 0.25) is 0 Å². The number of aliphatic carboxylic acids is 2. The number of fused-ring (bicyclic) bond motifs is 4. The van der Waals surface area contributed by atoms with Gasteiger partial charge in [0.1, 0.15) is 5.78 Å². The fourth-order valence-corrected chi connectivity index (χ4v) is 23.7. The Bertz CT molecular complexity index is 2460. The highest BCUT2D eigenvalue weighted by Crippen LogP contribution is 2.53. The van der Waals surface area contributed by atoms with E-state index in [-0.39, 0.29) is 94.7 Å². The van der Waals surface area contributed by atoms with E-state index in [2.05, 4.69) is 0 Å². The molecule has 0 amide bonds. The Labute approximate surface area is 377 Å². The second kappa shape index (κ2) is 17.7. The fraction of sp³-hybridized carbons (Fsp3) is 0.750.